The van der Waals surface area contributed by atoms with Crippen molar-refractivity contribution in [3.05, 3.63) is 42.0 Å². The third-order valence-electron chi connectivity index (χ3n) is 9.44. The number of hydrogen-bond acceptors (Lipinski definition) is 9. The predicted molar refractivity (Wildman–Crippen MR) is 187 cm³/mol. The second kappa shape index (κ2) is 12.6. The molecule has 1 saturated carbocycles. The van der Waals surface area contributed by atoms with Crippen molar-refractivity contribution in [3.63, 3.8) is 0 Å². The van der Waals surface area contributed by atoms with Crippen molar-refractivity contribution in [1.82, 2.24) is 4.98 Å². The summed E-state index contributed by atoms with van der Waals surface area (Å²) in [5.74, 6) is -1.89. The second-order valence-electron chi connectivity index (χ2n) is 15.0. The summed E-state index contributed by atoms with van der Waals surface area (Å²) < 4.78 is 51.2. The second-order valence-corrected chi connectivity index (χ2v) is 24.8. The summed E-state index contributed by atoms with van der Waals surface area (Å²) in [6, 6.07) is 9.78. The van der Waals surface area contributed by atoms with E-state index in [4.69, 9.17) is 4.03 Å². The van der Waals surface area contributed by atoms with Crippen LogP contribution in [0, 0.1) is 5.41 Å². The van der Waals surface area contributed by atoms with E-state index >= 15 is 0 Å². The highest BCUT2D eigenvalue weighted by atomic mass is 32.2. The molecule has 254 valence electrons. The Morgan fingerprint density at radius 1 is 1.00 bits per heavy atom. The molecule has 2 N–H and O–H groups in total. The molecule has 14 heteroatoms. The molecule has 2 aromatic rings. The van der Waals surface area contributed by atoms with Crippen LogP contribution in [0.1, 0.15) is 77.6 Å². The molecule has 1 spiro atoms. The zero-order valence-electron chi connectivity index (χ0n) is 28.5. The number of hydrogen-bond donors (Lipinski definition) is 2. The number of piperidine rings is 1. The lowest BCUT2D eigenvalue weighted by Crippen LogP contribution is -2.40. The van der Waals surface area contributed by atoms with Crippen LogP contribution in [0.2, 0.25) is 18.1 Å². The van der Waals surface area contributed by atoms with Crippen molar-refractivity contribution in [2.45, 2.75) is 95.1 Å². The maximum atomic E-state index is 14.7. The average molecular weight is 692 g/mol. The van der Waals surface area contributed by atoms with Crippen LogP contribution in [0.25, 0.3) is 0 Å². The summed E-state index contributed by atoms with van der Waals surface area (Å²) in [5, 5.41) is 3.09. The van der Waals surface area contributed by atoms with Gasteiger partial charge in [-0.2, -0.15) is 0 Å². The fraction of sp³-hybridized carbons (Fsp3) is 0.594. The number of ether oxygens (including phenoxy) is 1. The van der Waals surface area contributed by atoms with Gasteiger partial charge in [0.25, 0.3) is 5.91 Å². The van der Waals surface area contributed by atoms with Crippen molar-refractivity contribution in [2.24, 2.45) is 9.44 Å². The molecule has 1 aromatic heterocycles. The number of benzene rings is 1. The molecule has 1 atom stereocenters. The van der Waals surface area contributed by atoms with Gasteiger partial charge in [-0.15, -0.1) is 0 Å². The molecular weight excluding hydrogens is 643 g/mol. The fourth-order valence-corrected chi connectivity index (χ4v) is 12.4. The Morgan fingerprint density at radius 2 is 1.63 bits per heavy atom. The van der Waals surface area contributed by atoms with E-state index in [0.717, 1.165) is 33.0 Å². The van der Waals surface area contributed by atoms with Crippen LogP contribution in [0.15, 0.2) is 45.5 Å². The number of aromatic nitrogens is 1. The number of pyridine rings is 1. The summed E-state index contributed by atoms with van der Waals surface area (Å²) in [6.07, 6.45) is 4.41. The first kappa shape index (κ1) is 35.9. The van der Waals surface area contributed by atoms with E-state index in [1.165, 1.54) is 18.9 Å². The number of amides is 1. The van der Waals surface area contributed by atoms with Gasteiger partial charge >= 0.3 is 5.97 Å². The monoisotopic (exact) mass is 691 g/mol. The highest BCUT2D eigenvalue weighted by Gasteiger charge is 2.45. The summed E-state index contributed by atoms with van der Waals surface area (Å²) in [4.78, 5) is 32.3. The first-order chi connectivity index (χ1) is 21.1. The third kappa shape index (κ3) is 7.93. The highest BCUT2D eigenvalue weighted by molar-refractivity contribution is 7.95. The normalized spacial score (nSPS) is 18.0. The lowest BCUT2D eigenvalue weighted by Gasteiger charge is -2.36. The molecule has 0 radical (unpaired) electrons. The van der Waals surface area contributed by atoms with Crippen LogP contribution < -0.4 is 14.9 Å². The molecule has 1 amide bonds. The summed E-state index contributed by atoms with van der Waals surface area (Å²) >= 11 is 0. The number of nitrogens with zero attached hydrogens (tertiary/aromatic N) is 3. The molecule has 1 aliphatic carbocycles. The summed E-state index contributed by atoms with van der Waals surface area (Å²) in [7, 11) is -8.25. The van der Waals surface area contributed by atoms with E-state index in [2.05, 4.69) is 58.5 Å². The number of anilines is 3. The summed E-state index contributed by atoms with van der Waals surface area (Å²) in [5.41, 5.74) is 1.55. The quantitative estimate of drug-likeness (QED) is 0.231. The number of rotatable bonds is 9. The van der Waals surface area contributed by atoms with Gasteiger partial charge < -0.3 is 15.0 Å². The number of nitrogens with one attached hydrogen (secondary N) is 2. The Balaban J connectivity index is 1.69. The predicted octanol–water partition coefficient (Wildman–Crippen LogP) is 6.26. The zero-order valence-corrected chi connectivity index (χ0v) is 31.2. The van der Waals surface area contributed by atoms with Crippen LogP contribution in [0.3, 0.4) is 0 Å². The van der Waals surface area contributed by atoms with E-state index in [0.29, 0.717) is 21.7 Å². The Morgan fingerprint density at radius 3 is 2.17 bits per heavy atom. The number of carbonyl (C=O) groups excluding carboxylic acids is 2. The number of esters is 1. The van der Waals surface area contributed by atoms with Crippen molar-refractivity contribution in [2.75, 3.05) is 40.9 Å². The minimum absolute atomic E-state index is 0.129. The van der Waals surface area contributed by atoms with Crippen molar-refractivity contribution >= 4 is 57.1 Å². The lowest BCUT2D eigenvalue weighted by molar-refractivity contribution is -0.137. The lowest BCUT2D eigenvalue weighted by atomic mass is 9.93. The number of sulfonamides is 1. The molecule has 1 aromatic carbocycles. The van der Waals surface area contributed by atoms with Crippen LogP contribution in [0.4, 0.5) is 17.2 Å². The van der Waals surface area contributed by atoms with Crippen LogP contribution in [-0.4, -0.2) is 68.4 Å². The molecule has 2 aliphatic rings. The van der Waals surface area contributed by atoms with Gasteiger partial charge in [0.2, 0.25) is 10.0 Å². The SMILES string of the molecule is COC(=O)CS(=O)(=O)Nc1ccc(C(=O)Nc2cccc(S(=O)(=N[Si](C)(C)C(C)(C)C)C(C)(C)C)n2)c(N2CCC3(CC2)CC3)c1. The van der Waals surface area contributed by atoms with Gasteiger partial charge in [0.15, 0.2) is 14.0 Å². The standard InChI is InChI=1S/C32H49N5O6S2Si/c1-30(2,3)45(42,36-46(8,9)31(4,5)6)27-12-10-11-26(33-27)34-29(39)24-14-13-23(35-44(40,41)22-28(38)43-7)21-25(24)37-19-17-32(15-16-32)18-20-37/h10-14,21,35H,15-20,22H2,1-9H3,(H,33,34,39). The Hall–Kier alpha value is -2.97. The largest absolute Gasteiger partial charge is 0.468 e. The fourth-order valence-electron chi connectivity index (χ4n) is 5.16. The van der Waals surface area contributed by atoms with Gasteiger partial charge in [0, 0.05) is 13.1 Å². The highest BCUT2D eigenvalue weighted by Crippen LogP contribution is 2.54. The number of methoxy groups -OCH3 is 1. The van der Waals surface area contributed by atoms with Gasteiger partial charge in [-0.3, -0.25) is 18.3 Å². The first-order valence-corrected chi connectivity index (χ1v) is 21.7. The van der Waals surface area contributed by atoms with Gasteiger partial charge in [-0.25, -0.2) is 17.6 Å². The molecule has 46 heavy (non-hydrogen) atoms. The van der Waals surface area contributed by atoms with Crippen molar-refractivity contribution < 1.29 is 27.0 Å². The molecule has 1 aliphatic heterocycles. The van der Waals surface area contributed by atoms with Gasteiger partial charge in [0.05, 0.1) is 38.5 Å². The minimum atomic E-state index is -4.02. The molecule has 1 saturated heterocycles. The maximum Gasteiger partial charge on any atom is 0.322 e. The van der Waals surface area contributed by atoms with Crippen molar-refractivity contribution in [3.8, 4) is 0 Å². The van der Waals surface area contributed by atoms with Gasteiger partial charge in [0.1, 0.15) is 10.8 Å². The van der Waals surface area contributed by atoms with Crippen LogP contribution in [0.5, 0.6) is 0 Å². The molecule has 1 unspecified atom stereocenters. The van der Waals surface area contributed by atoms with Crippen molar-refractivity contribution in [1.29, 1.82) is 0 Å². The van der Waals surface area contributed by atoms with E-state index in [9.17, 15) is 22.2 Å². The Kier molecular flexibility index (Phi) is 9.80. The zero-order chi connectivity index (χ0) is 34.3. The molecule has 2 heterocycles. The first-order valence-electron chi connectivity index (χ1n) is 15.6. The molecular formula is C32H49N5O6S2Si. The van der Waals surface area contributed by atoms with E-state index in [-0.39, 0.29) is 16.5 Å². The molecule has 2 fully saturated rings. The van der Waals surface area contributed by atoms with E-state index in [1.807, 2.05) is 20.8 Å². The molecule has 4 rings (SSSR count). The maximum absolute atomic E-state index is 14.7. The van der Waals surface area contributed by atoms with Gasteiger partial charge in [-0.05, 0) is 100 Å². The Labute approximate surface area is 275 Å². The van der Waals surface area contributed by atoms with Crippen LogP contribution >= 0.6 is 0 Å². The molecule has 11 nitrogen and oxygen atoms in total. The van der Waals surface area contributed by atoms with Gasteiger partial charge in [-0.1, -0.05) is 26.8 Å². The topological polar surface area (TPSA) is 147 Å². The average Bonchev–Trinajstić information content (AvgIpc) is 3.69. The summed E-state index contributed by atoms with van der Waals surface area (Å²) in [6.45, 7) is 17.7. The number of carbonyl (C=O) groups is 2. The smallest absolute Gasteiger partial charge is 0.322 e. The molecule has 0 bridgehead atoms. The van der Waals surface area contributed by atoms with Crippen LogP contribution in [-0.2, 0) is 29.3 Å². The minimum Gasteiger partial charge on any atom is -0.468 e. The Bertz CT molecular complexity index is 1720. The van der Waals surface area contributed by atoms with E-state index in [1.54, 1.807) is 30.3 Å². The third-order valence-corrected chi connectivity index (χ3v) is 19.6. The van der Waals surface area contributed by atoms with E-state index < -0.39 is 50.4 Å².